The third-order valence-corrected chi connectivity index (χ3v) is 5.28. The van der Waals surface area contributed by atoms with Crippen LogP contribution in [0.2, 0.25) is 0 Å². The number of carbonyl (C=O) groups excluding carboxylic acids is 2. The van der Waals surface area contributed by atoms with Gasteiger partial charge in [0.15, 0.2) is 5.96 Å². The molecule has 0 radical (unpaired) electrons. The largest absolute Gasteiger partial charge is 0.354 e. The van der Waals surface area contributed by atoms with E-state index in [0.717, 1.165) is 16.9 Å². The Hall–Kier alpha value is -3.36. The van der Waals surface area contributed by atoms with Crippen LogP contribution in [0.1, 0.15) is 5.56 Å². The summed E-state index contributed by atoms with van der Waals surface area (Å²) in [5.41, 5.74) is 2.86. The summed E-state index contributed by atoms with van der Waals surface area (Å²) in [6.07, 6.45) is 3.99. The highest BCUT2D eigenvalue weighted by Gasteiger charge is 2.29. The number of aromatic nitrogens is 2. The number of fused-ring (bicyclic) bond motifs is 1. The molecule has 152 valence electrons. The first-order valence-electron chi connectivity index (χ1n) is 9.69. The van der Waals surface area contributed by atoms with Crippen LogP contribution in [0.3, 0.4) is 0 Å². The number of rotatable bonds is 4. The topological polar surface area (TPSA) is 86.1 Å². The number of piperazine rings is 1. The molecule has 3 heterocycles. The Balaban J connectivity index is 1.32. The van der Waals surface area contributed by atoms with Crippen molar-refractivity contribution in [3.05, 3.63) is 42.2 Å². The molecule has 0 bridgehead atoms. The van der Waals surface area contributed by atoms with Crippen LogP contribution in [0.4, 0.5) is 11.4 Å². The fraction of sp³-hybridized carbons (Fsp3) is 0.400. The summed E-state index contributed by atoms with van der Waals surface area (Å²) in [5, 5.41) is 7.43. The van der Waals surface area contributed by atoms with E-state index < -0.39 is 0 Å². The number of carbonyl (C=O) groups is 2. The maximum absolute atomic E-state index is 12.6. The maximum Gasteiger partial charge on any atom is 0.246 e. The van der Waals surface area contributed by atoms with Crippen LogP contribution in [0.5, 0.6) is 0 Å². The van der Waals surface area contributed by atoms with Gasteiger partial charge in [-0.1, -0.05) is 18.2 Å². The van der Waals surface area contributed by atoms with Crippen molar-refractivity contribution < 1.29 is 9.59 Å². The van der Waals surface area contributed by atoms with E-state index >= 15 is 0 Å². The summed E-state index contributed by atoms with van der Waals surface area (Å²) < 4.78 is 1.69. The lowest BCUT2D eigenvalue weighted by Gasteiger charge is -2.35. The zero-order chi connectivity index (χ0) is 20.4. The summed E-state index contributed by atoms with van der Waals surface area (Å²) in [4.78, 5) is 34.7. The molecule has 0 aliphatic carbocycles. The van der Waals surface area contributed by atoms with E-state index in [1.54, 1.807) is 27.7 Å². The van der Waals surface area contributed by atoms with E-state index in [4.69, 9.17) is 0 Å². The molecule has 2 aliphatic heterocycles. The minimum atomic E-state index is 0.0100. The number of anilines is 2. The molecule has 2 aliphatic rings. The van der Waals surface area contributed by atoms with Crippen molar-refractivity contribution in [1.29, 1.82) is 0 Å². The number of benzene rings is 1. The Bertz CT molecular complexity index is 952. The minimum Gasteiger partial charge on any atom is -0.354 e. The summed E-state index contributed by atoms with van der Waals surface area (Å²) in [6, 6.07) is 7.88. The Morgan fingerprint density at radius 3 is 2.76 bits per heavy atom. The lowest BCUT2D eigenvalue weighted by Crippen LogP contribution is -2.56. The summed E-state index contributed by atoms with van der Waals surface area (Å²) in [7, 11) is 3.54. The van der Waals surface area contributed by atoms with Gasteiger partial charge in [-0.3, -0.25) is 19.3 Å². The number of aliphatic imine (C=N–C) groups is 1. The van der Waals surface area contributed by atoms with Gasteiger partial charge in [0.05, 0.1) is 18.3 Å². The molecular weight excluding hydrogens is 370 g/mol. The third kappa shape index (κ3) is 3.80. The number of guanidine groups is 1. The van der Waals surface area contributed by atoms with Crippen LogP contribution in [0, 0.1) is 0 Å². The second-order valence-electron chi connectivity index (χ2n) is 7.16. The maximum atomic E-state index is 12.6. The smallest absolute Gasteiger partial charge is 0.246 e. The normalized spacial score (nSPS) is 17.2. The lowest BCUT2D eigenvalue weighted by molar-refractivity contribution is -0.120. The van der Waals surface area contributed by atoms with Gasteiger partial charge in [0, 0.05) is 52.2 Å². The van der Waals surface area contributed by atoms with E-state index in [-0.39, 0.29) is 18.4 Å². The molecule has 1 aromatic heterocycles. The standard InChI is InChI=1S/C20H25N7O2/c1-21-20(22-7-8-27-17-6-4-3-5-15(17)11-18(27)28)25-9-10-26(19(29)14-25)16-12-23-24(2)13-16/h3-6,12-13H,7-11,14H2,1-2H3,(H,21,22). The van der Waals surface area contributed by atoms with Gasteiger partial charge >= 0.3 is 0 Å². The Morgan fingerprint density at radius 1 is 1.21 bits per heavy atom. The average Bonchev–Trinajstić information content (AvgIpc) is 3.28. The van der Waals surface area contributed by atoms with E-state index in [1.165, 1.54) is 0 Å². The molecule has 2 aromatic rings. The molecule has 29 heavy (non-hydrogen) atoms. The monoisotopic (exact) mass is 395 g/mol. The molecule has 4 rings (SSSR count). The second-order valence-corrected chi connectivity index (χ2v) is 7.16. The van der Waals surface area contributed by atoms with Crippen molar-refractivity contribution in [1.82, 2.24) is 20.0 Å². The molecule has 9 heteroatoms. The van der Waals surface area contributed by atoms with Crippen molar-refractivity contribution in [3.8, 4) is 0 Å². The van der Waals surface area contributed by atoms with Crippen LogP contribution in [0.25, 0.3) is 0 Å². The zero-order valence-electron chi connectivity index (χ0n) is 16.7. The molecule has 0 unspecified atom stereocenters. The van der Waals surface area contributed by atoms with Crippen LogP contribution in [0.15, 0.2) is 41.7 Å². The van der Waals surface area contributed by atoms with Gasteiger partial charge in [0.25, 0.3) is 0 Å². The zero-order valence-corrected chi connectivity index (χ0v) is 16.7. The first kappa shape index (κ1) is 19.0. The lowest BCUT2D eigenvalue weighted by atomic mass is 10.2. The van der Waals surface area contributed by atoms with Gasteiger partial charge in [0.1, 0.15) is 6.54 Å². The highest BCUT2D eigenvalue weighted by atomic mass is 16.2. The SMILES string of the molecule is CN=C(NCCN1C(=O)Cc2ccccc21)N1CCN(c2cnn(C)c2)C(=O)C1. The van der Waals surface area contributed by atoms with Gasteiger partial charge in [-0.05, 0) is 11.6 Å². The highest BCUT2D eigenvalue weighted by molar-refractivity contribution is 6.01. The van der Waals surface area contributed by atoms with Crippen molar-refractivity contribution >= 4 is 29.1 Å². The van der Waals surface area contributed by atoms with E-state index in [2.05, 4.69) is 15.4 Å². The van der Waals surface area contributed by atoms with Gasteiger partial charge in [-0.15, -0.1) is 0 Å². The molecule has 1 saturated heterocycles. The van der Waals surface area contributed by atoms with Crippen LogP contribution in [-0.2, 0) is 23.1 Å². The number of para-hydroxylation sites is 1. The van der Waals surface area contributed by atoms with Crippen molar-refractivity contribution in [2.24, 2.45) is 12.0 Å². The summed E-state index contributed by atoms with van der Waals surface area (Å²) >= 11 is 0. The third-order valence-electron chi connectivity index (χ3n) is 5.28. The van der Waals surface area contributed by atoms with Crippen LogP contribution >= 0.6 is 0 Å². The second kappa shape index (κ2) is 7.94. The van der Waals surface area contributed by atoms with Gasteiger partial charge in [-0.25, -0.2) is 0 Å². The number of nitrogens with one attached hydrogen (secondary N) is 1. The predicted molar refractivity (Wildman–Crippen MR) is 111 cm³/mol. The number of hydrogen-bond donors (Lipinski definition) is 1. The van der Waals surface area contributed by atoms with Crippen LogP contribution < -0.4 is 15.1 Å². The van der Waals surface area contributed by atoms with Gasteiger partial charge < -0.3 is 20.0 Å². The molecule has 0 spiro atoms. The number of amides is 2. The first-order chi connectivity index (χ1) is 14.1. The summed E-state index contributed by atoms with van der Waals surface area (Å²) in [6.45, 7) is 2.61. The molecule has 1 fully saturated rings. The quantitative estimate of drug-likeness (QED) is 0.592. The molecule has 1 aromatic carbocycles. The number of aryl methyl sites for hydroxylation is 1. The highest BCUT2D eigenvalue weighted by Crippen LogP contribution is 2.27. The first-order valence-corrected chi connectivity index (χ1v) is 9.69. The molecule has 0 saturated carbocycles. The number of hydrogen-bond acceptors (Lipinski definition) is 4. The molecule has 9 nitrogen and oxygen atoms in total. The Labute approximate surface area is 169 Å². The van der Waals surface area contributed by atoms with E-state index in [0.29, 0.717) is 38.6 Å². The fourth-order valence-corrected chi connectivity index (χ4v) is 3.85. The van der Waals surface area contributed by atoms with Crippen molar-refractivity contribution in [2.45, 2.75) is 6.42 Å². The predicted octanol–water partition coefficient (Wildman–Crippen LogP) is 0.233. The molecule has 1 N–H and O–H groups in total. The Morgan fingerprint density at radius 2 is 2.03 bits per heavy atom. The molecular formula is C20H25N7O2. The summed E-state index contributed by atoms with van der Waals surface area (Å²) in [5.74, 6) is 0.795. The van der Waals surface area contributed by atoms with Crippen molar-refractivity contribution in [3.63, 3.8) is 0 Å². The Kier molecular flexibility index (Phi) is 5.20. The molecule has 0 atom stereocenters. The minimum absolute atomic E-state index is 0.0100. The molecule has 2 amide bonds. The van der Waals surface area contributed by atoms with Gasteiger partial charge in [-0.2, -0.15) is 5.10 Å². The van der Waals surface area contributed by atoms with Crippen molar-refractivity contribution in [2.75, 3.05) is 49.6 Å². The van der Waals surface area contributed by atoms with Crippen LogP contribution in [-0.4, -0.2) is 72.2 Å². The average molecular weight is 395 g/mol. The van der Waals surface area contributed by atoms with E-state index in [9.17, 15) is 9.59 Å². The van der Waals surface area contributed by atoms with Gasteiger partial charge in [0.2, 0.25) is 11.8 Å². The number of nitrogens with zero attached hydrogens (tertiary/aromatic N) is 6. The fourth-order valence-electron chi connectivity index (χ4n) is 3.85. The van der Waals surface area contributed by atoms with E-state index in [1.807, 2.05) is 42.4 Å².